The Hall–Kier alpha value is -3.35. The lowest BCUT2D eigenvalue weighted by atomic mass is 10.0. The van der Waals surface area contributed by atoms with Crippen LogP contribution in [-0.4, -0.2) is 47.9 Å². The predicted molar refractivity (Wildman–Crippen MR) is 146 cm³/mol. The first-order valence-corrected chi connectivity index (χ1v) is 12.6. The van der Waals surface area contributed by atoms with E-state index in [0.717, 1.165) is 22.3 Å². The highest BCUT2D eigenvalue weighted by Crippen LogP contribution is 2.23. The molecule has 196 valence electrons. The van der Waals surface area contributed by atoms with Crippen LogP contribution in [0.25, 0.3) is 11.1 Å². The molecule has 0 saturated heterocycles. The number of nitrogens with zero attached hydrogens (tertiary/aromatic N) is 1. The maximum absolute atomic E-state index is 12.9. The molecule has 0 bridgehead atoms. The number of ether oxygens (including phenoxy) is 2. The molecule has 0 aliphatic carbocycles. The third kappa shape index (κ3) is 8.92. The van der Waals surface area contributed by atoms with Gasteiger partial charge < -0.3 is 19.5 Å². The van der Waals surface area contributed by atoms with Crippen molar-refractivity contribution in [1.29, 1.82) is 0 Å². The Morgan fingerprint density at radius 3 is 2.08 bits per heavy atom. The zero-order valence-electron chi connectivity index (χ0n) is 21.7. The van der Waals surface area contributed by atoms with Crippen LogP contribution in [-0.2, 0) is 27.1 Å². The van der Waals surface area contributed by atoms with Crippen LogP contribution in [0.3, 0.4) is 0 Å². The summed E-state index contributed by atoms with van der Waals surface area (Å²) in [6.45, 7) is 5.92. The molecule has 3 aromatic rings. The summed E-state index contributed by atoms with van der Waals surface area (Å²) in [5, 5.41) is 11.3. The van der Waals surface area contributed by atoms with Crippen molar-refractivity contribution in [2.45, 2.75) is 45.3 Å². The molecule has 0 aromatic heterocycles. The number of rotatable bonds is 9. The van der Waals surface area contributed by atoms with E-state index < -0.39 is 17.8 Å². The molecule has 0 radical (unpaired) electrons. The van der Waals surface area contributed by atoms with Gasteiger partial charge >= 0.3 is 12.1 Å². The Kier molecular flexibility index (Phi) is 9.73. The predicted octanol–water partition coefficient (Wildman–Crippen LogP) is 6.24. The molecule has 3 aromatic carbocycles. The SMILES string of the molecule is COC(=O)Cc1ccc(-c2ccc(CCN(C[C@H](O)c3cccc(Cl)c3)C(=O)OC(C)(C)C)cc2)cc1. The van der Waals surface area contributed by atoms with E-state index in [1.165, 1.54) is 12.0 Å². The van der Waals surface area contributed by atoms with E-state index in [4.69, 9.17) is 21.1 Å². The maximum atomic E-state index is 12.9. The largest absolute Gasteiger partial charge is 0.469 e. The Labute approximate surface area is 223 Å². The first kappa shape index (κ1) is 28.2. The molecule has 1 atom stereocenters. The van der Waals surface area contributed by atoms with E-state index in [2.05, 4.69) is 0 Å². The smallest absolute Gasteiger partial charge is 0.410 e. The van der Waals surface area contributed by atoms with Crippen molar-refractivity contribution in [3.8, 4) is 11.1 Å². The minimum absolute atomic E-state index is 0.0886. The summed E-state index contributed by atoms with van der Waals surface area (Å²) >= 11 is 6.07. The number of aliphatic hydroxyl groups is 1. The second-order valence-electron chi connectivity index (χ2n) is 9.89. The first-order valence-electron chi connectivity index (χ1n) is 12.2. The lowest BCUT2D eigenvalue weighted by Crippen LogP contribution is -2.40. The number of esters is 1. The number of halogens is 1. The molecule has 0 unspecified atom stereocenters. The third-order valence-electron chi connectivity index (χ3n) is 5.77. The van der Waals surface area contributed by atoms with Crippen LogP contribution in [0, 0.1) is 0 Å². The molecule has 0 aliphatic rings. The number of benzene rings is 3. The highest BCUT2D eigenvalue weighted by molar-refractivity contribution is 6.30. The Bertz CT molecular complexity index is 1190. The third-order valence-corrected chi connectivity index (χ3v) is 6.00. The second kappa shape index (κ2) is 12.7. The summed E-state index contributed by atoms with van der Waals surface area (Å²) in [6, 6.07) is 22.9. The second-order valence-corrected chi connectivity index (χ2v) is 10.3. The number of methoxy groups -OCH3 is 1. The van der Waals surface area contributed by atoms with Crippen LogP contribution >= 0.6 is 11.6 Å². The molecule has 1 N–H and O–H groups in total. The first-order chi connectivity index (χ1) is 17.5. The summed E-state index contributed by atoms with van der Waals surface area (Å²) in [7, 11) is 1.38. The highest BCUT2D eigenvalue weighted by Gasteiger charge is 2.24. The van der Waals surface area contributed by atoms with Gasteiger partial charge in [0.25, 0.3) is 0 Å². The van der Waals surface area contributed by atoms with Gasteiger partial charge in [-0.15, -0.1) is 0 Å². The maximum Gasteiger partial charge on any atom is 0.410 e. The topological polar surface area (TPSA) is 76.1 Å². The zero-order chi connectivity index (χ0) is 27.0. The van der Waals surface area contributed by atoms with Crippen molar-refractivity contribution < 1.29 is 24.2 Å². The minimum Gasteiger partial charge on any atom is -0.469 e. The van der Waals surface area contributed by atoms with Gasteiger partial charge in [0.15, 0.2) is 0 Å². The van der Waals surface area contributed by atoms with E-state index in [1.54, 1.807) is 24.3 Å². The van der Waals surface area contributed by atoms with Crippen LogP contribution in [0.1, 0.15) is 43.6 Å². The number of aliphatic hydroxyl groups excluding tert-OH is 1. The van der Waals surface area contributed by atoms with Gasteiger partial charge in [-0.25, -0.2) is 4.79 Å². The monoisotopic (exact) mass is 523 g/mol. The summed E-state index contributed by atoms with van der Waals surface area (Å²) in [4.78, 5) is 25.9. The minimum atomic E-state index is -0.893. The average molecular weight is 524 g/mol. The van der Waals surface area contributed by atoms with Gasteiger partial charge in [0.05, 0.1) is 26.2 Å². The van der Waals surface area contributed by atoms with Crippen molar-refractivity contribution >= 4 is 23.7 Å². The van der Waals surface area contributed by atoms with Crippen LogP contribution in [0.2, 0.25) is 5.02 Å². The van der Waals surface area contributed by atoms with Gasteiger partial charge in [-0.3, -0.25) is 4.79 Å². The Morgan fingerprint density at radius 1 is 0.946 bits per heavy atom. The molecule has 0 aliphatic heterocycles. The molecule has 0 saturated carbocycles. The molecular weight excluding hydrogens is 490 g/mol. The summed E-state index contributed by atoms with van der Waals surface area (Å²) in [5.41, 5.74) is 4.04. The quantitative estimate of drug-likeness (QED) is 0.336. The number of hydrogen-bond acceptors (Lipinski definition) is 5. The molecule has 37 heavy (non-hydrogen) atoms. The molecule has 0 fully saturated rings. The molecular formula is C30H34ClNO5. The van der Waals surface area contributed by atoms with E-state index in [9.17, 15) is 14.7 Å². The fourth-order valence-electron chi connectivity index (χ4n) is 3.79. The Morgan fingerprint density at radius 2 is 1.54 bits per heavy atom. The van der Waals surface area contributed by atoms with Crippen LogP contribution in [0.15, 0.2) is 72.8 Å². The molecule has 1 amide bonds. The molecule has 0 spiro atoms. The van der Waals surface area contributed by atoms with Crippen molar-refractivity contribution in [2.24, 2.45) is 0 Å². The standard InChI is InChI=1S/C30H34ClNO5/c1-30(2,3)37-29(35)32(20-27(33)25-6-5-7-26(31)19-25)17-16-21-8-12-23(13-9-21)24-14-10-22(11-15-24)18-28(34)36-4/h5-15,19,27,33H,16-18,20H2,1-4H3/t27-/m0/s1. The van der Waals surface area contributed by atoms with E-state index in [0.29, 0.717) is 23.6 Å². The molecule has 6 nitrogen and oxygen atoms in total. The summed E-state index contributed by atoms with van der Waals surface area (Å²) in [5.74, 6) is -0.266. The van der Waals surface area contributed by atoms with Gasteiger partial charge in [-0.2, -0.15) is 0 Å². The lowest BCUT2D eigenvalue weighted by molar-refractivity contribution is -0.139. The average Bonchev–Trinajstić information content (AvgIpc) is 2.86. The van der Waals surface area contributed by atoms with Crippen LogP contribution < -0.4 is 0 Å². The van der Waals surface area contributed by atoms with Gasteiger partial charge in [0.2, 0.25) is 0 Å². The fourth-order valence-corrected chi connectivity index (χ4v) is 3.99. The van der Waals surface area contributed by atoms with E-state index in [1.807, 2.05) is 69.3 Å². The number of carbonyl (C=O) groups is 2. The van der Waals surface area contributed by atoms with E-state index >= 15 is 0 Å². The summed E-state index contributed by atoms with van der Waals surface area (Å²) in [6.07, 6.45) is -0.525. The van der Waals surface area contributed by atoms with Crippen molar-refractivity contribution in [3.63, 3.8) is 0 Å². The van der Waals surface area contributed by atoms with Gasteiger partial charge in [0, 0.05) is 11.6 Å². The van der Waals surface area contributed by atoms with Gasteiger partial charge in [0.1, 0.15) is 5.60 Å². The summed E-state index contributed by atoms with van der Waals surface area (Å²) < 4.78 is 10.3. The van der Waals surface area contributed by atoms with Gasteiger partial charge in [-0.05, 0) is 67.1 Å². The lowest BCUT2D eigenvalue weighted by Gasteiger charge is -2.29. The Balaban J connectivity index is 1.67. The fraction of sp³-hybridized carbons (Fsp3) is 0.333. The highest BCUT2D eigenvalue weighted by atomic mass is 35.5. The number of hydrogen-bond donors (Lipinski definition) is 1. The van der Waals surface area contributed by atoms with E-state index in [-0.39, 0.29) is 18.9 Å². The number of carbonyl (C=O) groups excluding carboxylic acids is 2. The van der Waals surface area contributed by atoms with Crippen molar-refractivity contribution in [3.05, 3.63) is 94.5 Å². The van der Waals surface area contributed by atoms with Gasteiger partial charge in [-0.1, -0.05) is 72.3 Å². The molecule has 0 heterocycles. The van der Waals surface area contributed by atoms with Crippen LogP contribution in [0.4, 0.5) is 4.79 Å². The number of amides is 1. The molecule has 7 heteroatoms. The van der Waals surface area contributed by atoms with Crippen LogP contribution in [0.5, 0.6) is 0 Å². The normalized spacial score (nSPS) is 12.1. The zero-order valence-corrected chi connectivity index (χ0v) is 22.5. The molecule has 3 rings (SSSR count). The van der Waals surface area contributed by atoms with Crippen molar-refractivity contribution in [2.75, 3.05) is 20.2 Å². The van der Waals surface area contributed by atoms with Crippen molar-refractivity contribution in [1.82, 2.24) is 4.90 Å².